The van der Waals surface area contributed by atoms with Gasteiger partial charge in [-0.1, -0.05) is 12.1 Å². The molecule has 19 heavy (non-hydrogen) atoms. The number of methoxy groups -OCH3 is 1. The van der Waals surface area contributed by atoms with Gasteiger partial charge in [-0.25, -0.2) is 4.98 Å². The molecule has 2 heterocycles. The number of benzene rings is 1. The number of imidazole rings is 1. The van der Waals surface area contributed by atoms with E-state index in [-0.39, 0.29) is 6.04 Å². The van der Waals surface area contributed by atoms with Crippen LogP contribution in [0.2, 0.25) is 0 Å². The zero-order valence-corrected chi connectivity index (χ0v) is 12.4. The Morgan fingerprint density at radius 2 is 2.21 bits per heavy atom. The topological polar surface area (TPSA) is 53.1 Å². The van der Waals surface area contributed by atoms with Gasteiger partial charge in [0.1, 0.15) is 5.75 Å². The van der Waals surface area contributed by atoms with E-state index in [1.807, 2.05) is 24.3 Å². The number of para-hydroxylation sites is 1. The second kappa shape index (κ2) is 4.98. The molecule has 1 unspecified atom stereocenters. The van der Waals surface area contributed by atoms with Crippen molar-refractivity contribution in [3.63, 3.8) is 0 Å². The van der Waals surface area contributed by atoms with E-state index in [1.165, 1.54) is 5.69 Å². The van der Waals surface area contributed by atoms with Gasteiger partial charge in [-0.05, 0) is 40.9 Å². The van der Waals surface area contributed by atoms with Gasteiger partial charge in [0.05, 0.1) is 12.8 Å². The number of nitrogens with zero attached hydrogens (tertiary/aromatic N) is 2. The van der Waals surface area contributed by atoms with Crippen molar-refractivity contribution in [3.05, 3.63) is 34.7 Å². The average molecular weight is 322 g/mol. The Morgan fingerprint density at radius 3 is 3.00 bits per heavy atom. The number of aromatic nitrogens is 2. The van der Waals surface area contributed by atoms with E-state index in [1.54, 1.807) is 7.11 Å². The fourth-order valence-electron chi connectivity index (χ4n) is 2.60. The predicted octanol–water partition coefficient (Wildman–Crippen LogP) is 2.59. The highest BCUT2D eigenvalue weighted by molar-refractivity contribution is 9.10. The third-order valence-electron chi connectivity index (χ3n) is 3.56. The number of halogens is 1. The van der Waals surface area contributed by atoms with Crippen molar-refractivity contribution in [1.82, 2.24) is 9.55 Å². The monoisotopic (exact) mass is 321 g/mol. The Hall–Kier alpha value is -1.33. The fourth-order valence-corrected chi connectivity index (χ4v) is 3.14. The highest BCUT2D eigenvalue weighted by Crippen LogP contribution is 2.35. The molecule has 0 saturated carbocycles. The molecule has 2 N–H and O–H groups in total. The van der Waals surface area contributed by atoms with Crippen molar-refractivity contribution in [1.29, 1.82) is 0 Å². The van der Waals surface area contributed by atoms with Crippen molar-refractivity contribution in [2.45, 2.75) is 25.4 Å². The molecule has 4 nitrogen and oxygen atoms in total. The first-order valence-electron chi connectivity index (χ1n) is 6.34. The molecule has 0 radical (unpaired) electrons. The summed E-state index contributed by atoms with van der Waals surface area (Å²) in [6.07, 6.45) is 1.95. The Bertz CT molecular complexity index is 609. The summed E-state index contributed by atoms with van der Waals surface area (Å²) in [6, 6.07) is 8.19. The minimum absolute atomic E-state index is 0.212. The Kier molecular flexibility index (Phi) is 3.33. The predicted molar refractivity (Wildman–Crippen MR) is 78.2 cm³/mol. The fraction of sp³-hybridized carbons (Fsp3) is 0.357. The first-order chi connectivity index (χ1) is 9.20. The van der Waals surface area contributed by atoms with Crippen LogP contribution in [0, 0.1) is 0 Å². The maximum absolute atomic E-state index is 6.03. The van der Waals surface area contributed by atoms with Gasteiger partial charge in [0.15, 0.2) is 4.73 Å². The van der Waals surface area contributed by atoms with E-state index >= 15 is 0 Å². The first-order valence-corrected chi connectivity index (χ1v) is 7.14. The van der Waals surface area contributed by atoms with Gasteiger partial charge in [0.2, 0.25) is 0 Å². The molecule has 5 heteroatoms. The van der Waals surface area contributed by atoms with Crippen LogP contribution in [0.25, 0.3) is 11.3 Å². The van der Waals surface area contributed by atoms with Crippen molar-refractivity contribution < 1.29 is 4.74 Å². The van der Waals surface area contributed by atoms with Gasteiger partial charge < -0.3 is 15.0 Å². The quantitative estimate of drug-likeness (QED) is 0.925. The molecule has 0 amide bonds. The highest BCUT2D eigenvalue weighted by atomic mass is 79.9. The van der Waals surface area contributed by atoms with E-state index in [0.717, 1.165) is 41.1 Å². The molecule has 1 aromatic heterocycles. The van der Waals surface area contributed by atoms with Gasteiger partial charge in [0.25, 0.3) is 0 Å². The van der Waals surface area contributed by atoms with Gasteiger partial charge in [0, 0.05) is 23.8 Å². The summed E-state index contributed by atoms with van der Waals surface area (Å²) in [5, 5.41) is 0. The molecule has 0 saturated heterocycles. The van der Waals surface area contributed by atoms with Crippen molar-refractivity contribution in [3.8, 4) is 17.0 Å². The molecule has 0 fully saturated rings. The number of ether oxygens (including phenoxy) is 1. The van der Waals surface area contributed by atoms with Gasteiger partial charge >= 0.3 is 0 Å². The van der Waals surface area contributed by atoms with Crippen LogP contribution in [0.5, 0.6) is 5.75 Å². The molecular weight excluding hydrogens is 306 g/mol. The maximum atomic E-state index is 6.03. The Labute approximate surface area is 120 Å². The molecule has 2 aromatic rings. The summed E-state index contributed by atoms with van der Waals surface area (Å²) >= 11 is 3.53. The van der Waals surface area contributed by atoms with Crippen molar-refractivity contribution in [2.75, 3.05) is 7.11 Å². The van der Waals surface area contributed by atoms with Crippen LogP contribution in [0.1, 0.15) is 12.1 Å². The minimum atomic E-state index is 0.212. The lowest BCUT2D eigenvalue weighted by Gasteiger charge is -2.22. The molecule has 100 valence electrons. The molecule has 0 bridgehead atoms. The van der Waals surface area contributed by atoms with Gasteiger partial charge in [-0.3, -0.25) is 0 Å². The molecule has 1 aliphatic rings. The summed E-state index contributed by atoms with van der Waals surface area (Å²) in [4.78, 5) is 4.65. The maximum Gasteiger partial charge on any atom is 0.177 e. The molecular formula is C14H16BrN3O. The van der Waals surface area contributed by atoms with Crippen LogP contribution in [0.4, 0.5) is 0 Å². The number of fused-ring (bicyclic) bond motifs is 1. The van der Waals surface area contributed by atoms with Crippen molar-refractivity contribution in [2.24, 2.45) is 5.73 Å². The first kappa shape index (κ1) is 12.7. The molecule has 3 rings (SSSR count). The van der Waals surface area contributed by atoms with Crippen LogP contribution in [-0.4, -0.2) is 22.7 Å². The summed E-state index contributed by atoms with van der Waals surface area (Å²) in [5.41, 5.74) is 9.30. The second-order valence-electron chi connectivity index (χ2n) is 4.79. The molecule has 0 aliphatic carbocycles. The molecule has 0 spiro atoms. The highest BCUT2D eigenvalue weighted by Gasteiger charge is 2.24. The van der Waals surface area contributed by atoms with Crippen LogP contribution in [0.15, 0.2) is 29.0 Å². The Balaban J connectivity index is 2.14. The zero-order valence-electron chi connectivity index (χ0n) is 10.8. The average Bonchev–Trinajstić information content (AvgIpc) is 2.75. The lowest BCUT2D eigenvalue weighted by atomic mass is 10.0. The van der Waals surface area contributed by atoms with Crippen LogP contribution >= 0.6 is 15.9 Å². The Morgan fingerprint density at radius 1 is 1.42 bits per heavy atom. The summed E-state index contributed by atoms with van der Waals surface area (Å²) in [7, 11) is 1.69. The largest absolute Gasteiger partial charge is 0.496 e. The van der Waals surface area contributed by atoms with Crippen LogP contribution < -0.4 is 10.5 Å². The van der Waals surface area contributed by atoms with E-state index < -0.39 is 0 Å². The number of hydrogen-bond acceptors (Lipinski definition) is 3. The number of rotatable bonds is 2. The summed E-state index contributed by atoms with van der Waals surface area (Å²) in [6.45, 7) is 0.818. The van der Waals surface area contributed by atoms with Gasteiger partial charge in [-0.2, -0.15) is 0 Å². The third kappa shape index (κ3) is 2.17. The number of hydrogen-bond donors (Lipinski definition) is 1. The SMILES string of the molecule is COc1ccccc1-c1nc(Br)n2c1CCC(N)C2. The number of nitrogens with two attached hydrogens (primary N) is 1. The summed E-state index contributed by atoms with van der Waals surface area (Å²) < 4.78 is 8.44. The van der Waals surface area contributed by atoms with Crippen molar-refractivity contribution >= 4 is 15.9 Å². The molecule has 1 aliphatic heterocycles. The lowest BCUT2D eigenvalue weighted by Crippen LogP contribution is -2.31. The van der Waals surface area contributed by atoms with Crippen LogP contribution in [-0.2, 0) is 13.0 Å². The van der Waals surface area contributed by atoms with E-state index in [0.29, 0.717) is 0 Å². The zero-order chi connectivity index (χ0) is 13.4. The van der Waals surface area contributed by atoms with E-state index in [4.69, 9.17) is 10.5 Å². The normalized spacial score (nSPS) is 18.2. The van der Waals surface area contributed by atoms with E-state index in [2.05, 4.69) is 25.5 Å². The smallest absolute Gasteiger partial charge is 0.177 e. The standard InChI is InChI=1S/C14H16BrN3O/c1-19-12-5-3-2-4-10(12)13-11-7-6-9(16)8-18(11)14(15)17-13/h2-5,9H,6-8,16H2,1H3. The van der Waals surface area contributed by atoms with Gasteiger partial charge in [-0.15, -0.1) is 0 Å². The summed E-state index contributed by atoms with van der Waals surface area (Å²) in [5.74, 6) is 0.853. The third-order valence-corrected chi connectivity index (χ3v) is 4.16. The van der Waals surface area contributed by atoms with E-state index in [9.17, 15) is 0 Å². The van der Waals surface area contributed by atoms with Crippen LogP contribution in [0.3, 0.4) is 0 Å². The minimum Gasteiger partial charge on any atom is -0.496 e. The lowest BCUT2D eigenvalue weighted by molar-refractivity contribution is 0.416. The second-order valence-corrected chi connectivity index (χ2v) is 5.50. The molecule has 1 aromatic carbocycles. The molecule has 1 atom stereocenters.